The topological polar surface area (TPSA) is 41.6 Å². The molecule has 5 heteroatoms. The SMILES string of the molecule is CN(CC1CC1)C(=O)CC1COCCN1.Cl. The van der Waals surface area contributed by atoms with Gasteiger partial charge < -0.3 is 15.0 Å². The number of amides is 1. The highest BCUT2D eigenvalue weighted by Crippen LogP contribution is 2.29. The average Bonchev–Trinajstić information content (AvgIpc) is 3.03. The van der Waals surface area contributed by atoms with E-state index in [1.165, 1.54) is 12.8 Å². The number of halogens is 1. The van der Waals surface area contributed by atoms with Gasteiger partial charge in [0.1, 0.15) is 0 Å². The van der Waals surface area contributed by atoms with Crippen molar-refractivity contribution in [3.05, 3.63) is 0 Å². The van der Waals surface area contributed by atoms with Crippen molar-refractivity contribution in [2.24, 2.45) is 5.92 Å². The Morgan fingerprint density at radius 3 is 2.81 bits per heavy atom. The minimum atomic E-state index is 0. The van der Waals surface area contributed by atoms with E-state index < -0.39 is 0 Å². The molecule has 0 aromatic heterocycles. The third kappa shape index (κ3) is 4.28. The quantitative estimate of drug-likeness (QED) is 0.795. The van der Waals surface area contributed by atoms with Gasteiger partial charge in [-0.3, -0.25) is 4.79 Å². The Morgan fingerprint density at radius 2 is 2.25 bits per heavy atom. The third-order valence-electron chi connectivity index (χ3n) is 3.07. The van der Waals surface area contributed by atoms with Crippen molar-refractivity contribution < 1.29 is 9.53 Å². The Kier molecular flexibility index (Phi) is 5.52. The highest BCUT2D eigenvalue weighted by molar-refractivity contribution is 5.85. The maximum absolute atomic E-state index is 11.8. The second kappa shape index (κ2) is 6.42. The molecule has 94 valence electrons. The molecule has 1 heterocycles. The minimum Gasteiger partial charge on any atom is -0.378 e. The van der Waals surface area contributed by atoms with Crippen LogP contribution in [0.4, 0.5) is 0 Å². The van der Waals surface area contributed by atoms with Crippen LogP contribution in [0.2, 0.25) is 0 Å². The van der Waals surface area contributed by atoms with Crippen LogP contribution in [-0.4, -0.2) is 50.2 Å². The summed E-state index contributed by atoms with van der Waals surface area (Å²) in [5.74, 6) is 1.01. The second-order valence-corrected chi connectivity index (χ2v) is 4.65. The first-order chi connectivity index (χ1) is 7.25. The maximum atomic E-state index is 11.8. The van der Waals surface area contributed by atoms with Gasteiger partial charge in [0.25, 0.3) is 0 Å². The molecule has 1 unspecified atom stereocenters. The lowest BCUT2D eigenvalue weighted by Crippen LogP contribution is -2.44. The highest BCUT2D eigenvalue weighted by atomic mass is 35.5. The number of ether oxygens (including phenoxy) is 1. The van der Waals surface area contributed by atoms with Crippen molar-refractivity contribution >= 4 is 18.3 Å². The Balaban J connectivity index is 0.00000128. The van der Waals surface area contributed by atoms with Crippen molar-refractivity contribution in [1.82, 2.24) is 10.2 Å². The van der Waals surface area contributed by atoms with Crippen molar-refractivity contribution in [3.8, 4) is 0 Å². The summed E-state index contributed by atoms with van der Waals surface area (Å²) in [7, 11) is 1.91. The highest BCUT2D eigenvalue weighted by Gasteiger charge is 2.26. The van der Waals surface area contributed by atoms with E-state index in [0.717, 1.165) is 25.6 Å². The molecule has 2 fully saturated rings. The van der Waals surface area contributed by atoms with Crippen LogP contribution in [0.25, 0.3) is 0 Å². The van der Waals surface area contributed by atoms with Gasteiger partial charge in [0, 0.05) is 32.6 Å². The fraction of sp³-hybridized carbons (Fsp3) is 0.909. The molecule has 0 bridgehead atoms. The molecule has 0 radical (unpaired) electrons. The fourth-order valence-corrected chi connectivity index (χ4v) is 1.91. The van der Waals surface area contributed by atoms with Gasteiger partial charge in [-0.2, -0.15) is 0 Å². The number of carbonyl (C=O) groups is 1. The number of nitrogens with zero attached hydrogens (tertiary/aromatic N) is 1. The molecule has 1 saturated heterocycles. The summed E-state index contributed by atoms with van der Waals surface area (Å²) < 4.78 is 5.32. The predicted octanol–water partition coefficient (Wildman–Crippen LogP) is 0.655. The van der Waals surface area contributed by atoms with Gasteiger partial charge in [-0.05, 0) is 18.8 Å². The molecule has 0 aromatic rings. The first-order valence-corrected chi connectivity index (χ1v) is 5.81. The number of nitrogens with one attached hydrogen (secondary N) is 1. The standard InChI is InChI=1S/C11H20N2O2.ClH/c1-13(7-9-2-3-9)11(14)6-10-8-15-5-4-12-10;/h9-10,12H,2-8H2,1H3;1H. The summed E-state index contributed by atoms with van der Waals surface area (Å²) in [5, 5.41) is 3.30. The summed E-state index contributed by atoms with van der Waals surface area (Å²) in [6.07, 6.45) is 3.16. The zero-order chi connectivity index (χ0) is 10.7. The van der Waals surface area contributed by atoms with Gasteiger partial charge in [-0.15, -0.1) is 12.4 Å². The van der Waals surface area contributed by atoms with Gasteiger partial charge >= 0.3 is 0 Å². The lowest BCUT2D eigenvalue weighted by Gasteiger charge is -2.25. The molecular weight excluding hydrogens is 228 g/mol. The van der Waals surface area contributed by atoms with Crippen molar-refractivity contribution in [2.45, 2.75) is 25.3 Å². The molecule has 1 saturated carbocycles. The van der Waals surface area contributed by atoms with E-state index in [2.05, 4.69) is 5.32 Å². The van der Waals surface area contributed by atoms with Gasteiger partial charge in [0.2, 0.25) is 5.91 Å². The van der Waals surface area contributed by atoms with Crippen LogP contribution in [0.5, 0.6) is 0 Å². The van der Waals surface area contributed by atoms with Gasteiger partial charge in [-0.25, -0.2) is 0 Å². The maximum Gasteiger partial charge on any atom is 0.223 e. The zero-order valence-corrected chi connectivity index (χ0v) is 10.6. The Morgan fingerprint density at radius 1 is 1.50 bits per heavy atom. The van der Waals surface area contributed by atoms with E-state index in [4.69, 9.17) is 4.74 Å². The smallest absolute Gasteiger partial charge is 0.223 e. The van der Waals surface area contributed by atoms with Crippen LogP contribution in [0.1, 0.15) is 19.3 Å². The first kappa shape index (κ1) is 13.7. The molecule has 16 heavy (non-hydrogen) atoms. The van der Waals surface area contributed by atoms with Crippen molar-refractivity contribution in [3.63, 3.8) is 0 Å². The molecule has 2 aliphatic rings. The number of hydrogen-bond donors (Lipinski definition) is 1. The zero-order valence-electron chi connectivity index (χ0n) is 9.78. The molecule has 1 amide bonds. The number of rotatable bonds is 4. The Labute approximate surface area is 103 Å². The molecule has 1 N–H and O–H groups in total. The average molecular weight is 249 g/mol. The first-order valence-electron chi connectivity index (χ1n) is 5.81. The van der Waals surface area contributed by atoms with E-state index in [9.17, 15) is 4.79 Å². The van der Waals surface area contributed by atoms with Gasteiger partial charge in [0.15, 0.2) is 0 Å². The molecule has 1 aliphatic carbocycles. The van der Waals surface area contributed by atoms with Crippen LogP contribution in [0, 0.1) is 5.92 Å². The largest absolute Gasteiger partial charge is 0.378 e. The third-order valence-corrected chi connectivity index (χ3v) is 3.07. The normalized spacial score (nSPS) is 24.7. The molecule has 4 nitrogen and oxygen atoms in total. The molecule has 1 aliphatic heterocycles. The van der Waals surface area contributed by atoms with Crippen LogP contribution < -0.4 is 5.32 Å². The lowest BCUT2D eigenvalue weighted by molar-refractivity contribution is -0.131. The lowest BCUT2D eigenvalue weighted by atomic mass is 10.2. The van der Waals surface area contributed by atoms with Crippen LogP contribution in [0.15, 0.2) is 0 Å². The fourth-order valence-electron chi connectivity index (χ4n) is 1.91. The Hall–Kier alpha value is -0.320. The molecule has 0 aromatic carbocycles. The van der Waals surface area contributed by atoms with E-state index in [1.54, 1.807) is 0 Å². The summed E-state index contributed by atoms with van der Waals surface area (Å²) in [5.41, 5.74) is 0. The van der Waals surface area contributed by atoms with Gasteiger partial charge in [0.05, 0.1) is 13.2 Å². The summed E-state index contributed by atoms with van der Waals surface area (Å²) in [6, 6.07) is 0.216. The van der Waals surface area contributed by atoms with Crippen molar-refractivity contribution in [1.29, 1.82) is 0 Å². The summed E-state index contributed by atoms with van der Waals surface area (Å²) in [4.78, 5) is 13.7. The minimum absolute atomic E-state index is 0. The van der Waals surface area contributed by atoms with E-state index in [1.807, 2.05) is 11.9 Å². The summed E-state index contributed by atoms with van der Waals surface area (Å²) in [6.45, 7) is 3.24. The van der Waals surface area contributed by atoms with Crippen molar-refractivity contribution in [2.75, 3.05) is 33.4 Å². The number of morpholine rings is 1. The molecule has 2 rings (SSSR count). The van der Waals surface area contributed by atoms with Crippen LogP contribution in [-0.2, 0) is 9.53 Å². The monoisotopic (exact) mass is 248 g/mol. The number of carbonyl (C=O) groups excluding carboxylic acids is 1. The molecule has 0 spiro atoms. The second-order valence-electron chi connectivity index (χ2n) is 4.65. The van der Waals surface area contributed by atoms with E-state index in [0.29, 0.717) is 13.0 Å². The number of hydrogen-bond acceptors (Lipinski definition) is 3. The predicted molar refractivity (Wildman–Crippen MR) is 64.8 cm³/mol. The van der Waals surface area contributed by atoms with Crippen LogP contribution in [0.3, 0.4) is 0 Å². The Bertz CT molecular complexity index is 228. The van der Waals surface area contributed by atoms with E-state index >= 15 is 0 Å². The van der Waals surface area contributed by atoms with Crippen LogP contribution >= 0.6 is 12.4 Å². The summed E-state index contributed by atoms with van der Waals surface area (Å²) >= 11 is 0. The molecule has 1 atom stereocenters. The molecular formula is C11H21ClN2O2. The van der Waals surface area contributed by atoms with E-state index in [-0.39, 0.29) is 24.4 Å². The van der Waals surface area contributed by atoms with Gasteiger partial charge in [-0.1, -0.05) is 0 Å².